The molecule has 15 heavy (non-hydrogen) atoms. The Bertz CT molecular complexity index is 388. The first-order valence-corrected chi connectivity index (χ1v) is 4.69. The topological polar surface area (TPSA) is 71.1 Å². The first-order chi connectivity index (χ1) is 7.29. The van der Waals surface area contributed by atoms with E-state index in [0.29, 0.717) is 17.4 Å². The van der Waals surface area contributed by atoms with Crippen LogP contribution in [0.15, 0.2) is 18.3 Å². The summed E-state index contributed by atoms with van der Waals surface area (Å²) in [7, 11) is 0. The quantitative estimate of drug-likeness (QED) is 0.699. The molecule has 0 saturated heterocycles. The molecule has 1 aromatic rings. The van der Waals surface area contributed by atoms with Crippen molar-refractivity contribution in [3.05, 3.63) is 24.0 Å². The normalized spacial score (nSPS) is 14.4. The smallest absolute Gasteiger partial charge is 0.314 e. The van der Waals surface area contributed by atoms with Crippen LogP contribution in [-0.2, 0) is 4.79 Å². The number of carbonyl (C=O) groups is 1. The number of amides is 2. The van der Waals surface area contributed by atoms with E-state index in [2.05, 4.69) is 15.6 Å². The van der Waals surface area contributed by atoms with Crippen molar-refractivity contribution in [3.8, 4) is 0 Å². The van der Waals surface area contributed by atoms with E-state index in [1.54, 1.807) is 12.5 Å². The average Bonchev–Trinajstić information content (AvgIpc) is 3.03. The van der Waals surface area contributed by atoms with Crippen molar-refractivity contribution in [2.24, 2.45) is 0 Å². The van der Waals surface area contributed by atoms with E-state index in [4.69, 9.17) is 0 Å². The SMILES string of the molecule is O=[C]Nc1ccnc(C(=O)NC2CC2)c1. The summed E-state index contributed by atoms with van der Waals surface area (Å²) in [5, 5.41) is 5.16. The van der Waals surface area contributed by atoms with Crippen LogP contribution >= 0.6 is 0 Å². The van der Waals surface area contributed by atoms with Crippen LogP contribution in [0.5, 0.6) is 0 Å². The van der Waals surface area contributed by atoms with Gasteiger partial charge in [0.05, 0.1) is 0 Å². The number of pyridine rings is 1. The van der Waals surface area contributed by atoms with E-state index in [-0.39, 0.29) is 5.91 Å². The van der Waals surface area contributed by atoms with Gasteiger partial charge in [0.25, 0.3) is 5.91 Å². The Morgan fingerprint density at radius 2 is 2.33 bits per heavy atom. The second-order valence-corrected chi connectivity index (χ2v) is 3.40. The Morgan fingerprint density at radius 1 is 1.53 bits per heavy atom. The molecule has 1 aliphatic rings. The van der Waals surface area contributed by atoms with Crippen LogP contribution in [-0.4, -0.2) is 23.3 Å². The number of aromatic nitrogens is 1. The maximum Gasteiger partial charge on any atom is 0.314 e. The third-order valence-corrected chi connectivity index (χ3v) is 2.10. The summed E-state index contributed by atoms with van der Waals surface area (Å²) in [5.74, 6) is -0.202. The van der Waals surface area contributed by atoms with E-state index in [9.17, 15) is 9.59 Å². The number of rotatable bonds is 4. The molecule has 0 atom stereocenters. The molecule has 1 aromatic heterocycles. The molecule has 5 heteroatoms. The fourth-order valence-electron chi connectivity index (χ4n) is 1.18. The minimum atomic E-state index is -0.202. The number of nitrogens with zero attached hydrogens (tertiary/aromatic N) is 1. The van der Waals surface area contributed by atoms with Crippen LogP contribution in [0.25, 0.3) is 0 Å². The van der Waals surface area contributed by atoms with E-state index < -0.39 is 0 Å². The van der Waals surface area contributed by atoms with Crippen molar-refractivity contribution in [1.82, 2.24) is 10.3 Å². The largest absolute Gasteiger partial charge is 0.348 e. The molecule has 0 spiro atoms. The van der Waals surface area contributed by atoms with Gasteiger partial charge in [-0.25, -0.2) is 0 Å². The summed E-state index contributed by atoms with van der Waals surface area (Å²) >= 11 is 0. The molecule has 0 aliphatic heterocycles. The predicted molar refractivity (Wildman–Crippen MR) is 54.0 cm³/mol. The van der Waals surface area contributed by atoms with Crippen molar-refractivity contribution < 1.29 is 9.59 Å². The second-order valence-electron chi connectivity index (χ2n) is 3.40. The first-order valence-electron chi connectivity index (χ1n) is 4.69. The second kappa shape index (κ2) is 4.08. The molecule has 1 saturated carbocycles. The highest BCUT2D eigenvalue weighted by Gasteiger charge is 2.24. The van der Waals surface area contributed by atoms with Gasteiger partial charge in [0, 0.05) is 17.9 Å². The van der Waals surface area contributed by atoms with Crippen LogP contribution in [0.3, 0.4) is 0 Å². The first kappa shape index (κ1) is 9.64. The molecule has 2 rings (SSSR count). The van der Waals surface area contributed by atoms with Crippen molar-refractivity contribution in [3.63, 3.8) is 0 Å². The lowest BCUT2D eigenvalue weighted by Crippen LogP contribution is -2.26. The molecule has 5 nitrogen and oxygen atoms in total. The highest BCUT2D eigenvalue weighted by Crippen LogP contribution is 2.19. The Hall–Kier alpha value is -1.91. The lowest BCUT2D eigenvalue weighted by atomic mass is 10.3. The van der Waals surface area contributed by atoms with Gasteiger partial charge in [0.15, 0.2) is 0 Å². The number of nitrogens with one attached hydrogen (secondary N) is 2. The number of hydrogen-bond acceptors (Lipinski definition) is 3. The summed E-state index contributed by atoms with van der Waals surface area (Å²) < 4.78 is 0. The summed E-state index contributed by atoms with van der Waals surface area (Å²) in [4.78, 5) is 25.6. The third-order valence-electron chi connectivity index (χ3n) is 2.10. The maximum absolute atomic E-state index is 11.6. The van der Waals surface area contributed by atoms with Gasteiger partial charge in [0.1, 0.15) is 5.69 Å². The molecule has 0 unspecified atom stereocenters. The molecular formula is C10H10N3O2. The third kappa shape index (κ3) is 2.52. The highest BCUT2D eigenvalue weighted by atomic mass is 16.2. The lowest BCUT2D eigenvalue weighted by Gasteiger charge is -2.03. The number of carbonyl (C=O) groups excluding carboxylic acids is 2. The van der Waals surface area contributed by atoms with E-state index in [0.717, 1.165) is 12.8 Å². The van der Waals surface area contributed by atoms with Crippen molar-refractivity contribution >= 4 is 18.0 Å². The van der Waals surface area contributed by atoms with Gasteiger partial charge in [0.2, 0.25) is 0 Å². The summed E-state index contributed by atoms with van der Waals surface area (Å²) in [6.45, 7) is 0. The van der Waals surface area contributed by atoms with Crippen LogP contribution in [0.1, 0.15) is 23.3 Å². The number of anilines is 1. The minimum Gasteiger partial charge on any atom is -0.348 e. The molecule has 2 N–H and O–H groups in total. The zero-order valence-electron chi connectivity index (χ0n) is 7.99. The van der Waals surface area contributed by atoms with Gasteiger partial charge < -0.3 is 10.6 Å². The van der Waals surface area contributed by atoms with Crippen molar-refractivity contribution in [2.45, 2.75) is 18.9 Å². The van der Waals surface area contributed by atoms with Gasteiger partial charge in [-0.05, 0) is 25.0 Å². The fourth-order valence-corrected chi connectivity index (χ4v) is 1.18. The zero-order chi connectivity index (χ0) is 10.7. The van der Waals surface area contributed by atoms with E-state index in [1.165, 1.54) is 12.3 Å². The molecule has 77 valence electrons. The van der Waals surface area contributed by atoms with Crippen molar-refractivity contribution in [2.75, 3.05) is 5.32 Å². The van der Waals surface area contributed by atoms with Gasteiger partial charge >= 0.3 is 6.41 Å². The number of hydrogen-bond donors (Lipinski definition) is 2. The van der Waals surface area contributed by atoms with E-state index in [1.807, 2.05) is 0 Å². The average molecular weight is 204 g/mol. The van der Waals surface area contributed by atoms with Gasteiger partial charge in [-0.2, -0.15) is 0 Å². The molecule has 1 radical (unpaired) electrons. The van der Waals surface area contributed by atoms with E-state index >= 15 is 0 Å². The van der Waals surface area contributed by atoms with Crippen LogP contribution in [0, 0.1) is 0 Å². The molecule has 2 amide bonds. The molecule has 1 heterocycles. The Labute approximate surface area is 86.9 Å². The monoisotopic (exact) mass is 204 g/mol. The molecule has 1 aliphatic carbocycles. The molecule has 0 aromatic carbocycles. The fraction of sp³-hybridized carbons (Fsp3) is 0.300. The van der Waals surface area contributed by atoms with Gasteiger partial charge in [-0.15, -0.1) is 0 Å². The van der Waals surface area contributed by atoms with Crippen molar-refractivity contribution in [1.29, 1.82) is 0 Å². The summed E-state index contributed by atoms with van der Waals surface area (Å²) in [5.41, 5.74) is 0.822. The predicted octanol–water partition coefficient (Wildman–Crippen LogP) is 0.453. The maximum atomic E-state index is 11.6. The zero-order valence-corrected chi connectivity index (χ0v) is 7.99. The standard InChI is InChI=1S/C10H10N3O2/c14-6-12-8-3-4-11-9(5-8)10(15)13-7-1-2-7/h3-5,7H,1-2H2,(H,13,15)(H,11,12,14). The van der Waals surface area contributed by atoms with Gasteiger partial charge in [-0.1, -0.05) is 0 Å². The molecule has 0 bridgehead atoms. The van der Waals surface area contributed by atoms with Crippen LogP contribution in [0.2, 0.25) is 0 Å². The lowest BCUT2D eigenvalue weighted by molar-refractivity contribution is 0.0946. The Kier molecular flexibility index (Phi) is 2.62. The minimum absolute atomic E-state index is 0.202. The molecular weight excluding hydrogens is 194 g/mol. The Balaban J connectivity index is 2.08. The summed E-state index contributed by atoms with van der Waals surface area (Å²) in [6, 6.07) is 3.41. The van der Waals surface area contributed by atoms with Gasteiger partial charge in [-0.3, -0.25) is 14.6 Å². The summed E-state index contributed by atoms with van der Waals surface area (Å²) in [6.07, 6.45) is 5.08. The highest BCUT2D eigenvalue weighted by molar-refractivity contribution is 5.93. The molecule has 1 fully saturated rings. The van der Waals surface area contributed by atoms with Crippen LogP contribution < -0.4 is 10.6 Å². The van der Waals surface area contributed by atoms with Crippen LogP contribution in [0.4, 0.5) is 5.69 Å². The Morgan fingerprint density at radius 3 is 3.00 bits per heavy atom.